The van der Waals surface area contributed by atoms with Crippen molar-refractivity contribution in [2.45, 2.75) is 50.4 Å². The van der Waals surface area contributed by atoms with E-state index in [1.807, 2.05) is 58.8 Å². The summed E-state index contributed by atoms with van der Waals surface area (Å²) in [5.41, 5.74) is 10.2. The average Bonchev–Trinajstić information content (AvgIpc) is 3.86. The second kappa shape index (κ2) is 12.1. The molecule has 0 atom stereocenters. The van der Waals surface area contributed by atoms with Crippen LogP contribution in [0.4, 0.5) is 11.6 Å². The quantitative estimate of drug-likeness (QED) is 0.190. The average molecular weight is 606 g/mol. The smallest absolute Gasteiger partial charge is 0.274 e. The number of nitrogens with zero attached hydrogens (tertiary/aromatic N) is 5. The molecule has 0 aliphatic heterocycles. The maximum absolute atomic E-state index is 13.8. The third-order valence-electron chi connectivity index (χ3n) is 8.46. The van der Waals surface area contributed by atoms with Gasteiger partial charge in [0.05, 0.1) is 26.0 Å². The van der Waals surface area contributed by atoms with Crippen molar-refractivity contribution < 1.29 is 14.2 Å². The minimum absolute atomic E-state index is 0.0864. The van der Waals surface area contributed by atoms with Gasteiger partial charge in [-0.25, -0.2) is 4.98 Å². The molecule has 2 aliphatic rings. The van der Waals surface area contributed by atoms with E-state index in [9.17, 15) is 4.79 Å². The van der Waals surface area contributed by atoms with Crippen LogP contribution in [0.1, 0.15) is 54.5 Å². The SMILES string of the molecule is COc1c(O/C(=C/N)c2ccccn2)cnc2nc(Nc3cc(C4CC4)cn(C4CC(OCc5ccccc5)C4)c3=O)n(C)c12. The van der Waals surface area contributed by atoms with E-state index in [1.54, 1.807) is 19.4 Å². The Morgan fingerprint density at radius 1 is 1.11 bits per heavy atom. The number of methoxy groups -OCH3 is 1. The molecule has 0 amide bonds. The van der Waals surface area contributed by atoms with Gasteiger partial charge in [0.2, 0.25) is 5.95 Å². The highest BCUT2D eigenvalue weighted by molar-refractivity contribution is 5.85. The molecule has 0 bridgehead atoms. The zero-order valence-electron chi connectivity index (χ0n) is 25.2. The van der Waals surface area contributed by atoms with Crippen molar-refractivity contribution in [1.82, 2.24) is 24.1 Å². The van der Waals surface area contributed by atoms with Gasteiger partial charge in [0.15, 0.2) is 22.9 Å². The molecule has 5 aromatic rings. The number of hydrogen-bond acceptors (Lipinski definition) is 9. The number of nitrogens with one attached hydrogen (secondary N) is 1. The highest BCUT2D eigenvalue weighted by atomic mass is 16.5. The minimum Gasteiger partial charge on any atom is -0.491 e. The van der Waals surface area contributed by atoms with E-state index in [2.05, 4.69) is 27.4 Å². The van der Waals surface area contributed by atoms with Crippen molar-refractivity contribution in [3.05, 3.63) is 107 Å². The normalized spacial score (nSPS) is 18.0. The Kier molecular flexibility index (Phi) is 7.68. The molecule has 11 heteroatoms. The molecule has 7 rings (SSSR count). The molecule has 4 heterocycles. The Balaban J connectivity index is 1.14. The summed E-state index contributed by atoms with van der Waals surface area (Å²) in [7, 11) is 3.40. The first-order valence-corrected chi connectivity index (χ1v) is 15.1. The van der Waals surface area contributed by atoms with E-state index in [4.69, 9.17) is 24.9 Å². The number of aryl methyl sites for hydroxylation is 1. The van der Waals surface area contributed by atoms with Crippen molar-refractivity contribution in [2.75, 3.05) is 12.4 Å². The molecule has 0 radical (unpaired) electrons. The van der Waals surface area contributed by atoms with Crippen LogP contribution >= 0.6 is 0 Å². The van der Waals surface area contributed by atoms with Gasteiger partial charge in [-0.2, -0.15) is 4.98 Å². The largest absolute Gasteiger partial charge is 0.491 e. The van der Waals surface area contributed by atoms with Crippen LogP contribution < -0.4 is 26.1 Å². The summed E-state index contributed by atoms with van der Waals surface area (Å²) in [5, 5.41) is 3.31. The fraction of sp³-hybridized carbons (Fsp3) is 0.294. The number of aromatic nitrogens is 5. The molecule has 2 saturated carbocycles. The van der Waals surface area contributed by atoms with Crippen LogP contribution in [0.5, 0.6) is 11.5 Å². The van der Waals surface area contributed by atoms with Crippen LogP contribution in [0.25, 0.3) is 16.9 Å². The molecule has 230 valence electrons. The van der Waals surface area contributed by atoms with Crippen molar-refractivity contribution in [1.29, 1.82) is 0 Å². The number of ether oxygens (including phenoxy) is 3. The van der Waals surface area contributed by atoms with Crippen LogP contribution in [0.2, 0.25) is 0 Å². The lowest BCUT2D eigenvalue weighted by atomic mass is 9.88. The second-order valence-electron chi connectivity index (χ2n) is 11.5. The third-order valence-corrected chi connectivity index (χ3v) is 8.46. The highest BCUT2D eigenvalue weighted by Gasteiger charge is 2.34. The summed E-state index contributed by atoms with van der Waals surface area (Å²) in [4.78, 5) is 27.4. The van der Waals surface area contributed by atoms with E-state index >= 15 is 0 Å². The maximum atomic E-state index is 13.8. The van der Waals surface area contributed by atoms with E-state index in [1.165, 1.54) is 12.4 Å². The molecular weight excluding hydrogens is 570 g/mol. The summed E-state index contributed by atoms with van der Waals surface area (Å²) in [5.74, 6) is 2.07. The van der Waals surface area contributed by atoms with Crippen LogP contribution in [0, 0.1) is 0 Å². The molecule has 2 aliphatic carbocycles. The lowest BCUT2D eigenvalue weighted by Crippen LogP contribution is -2.38. The molecule has 0 saturated heterocycles. The number of nitrogens with two attached hydrogens (primary N) is 1. The van der Waals surface area contributed by atoms with E-state index in [-0.39, 0.29) is 17.7 Å². The number of anilines is 2. The number of benzene rings is 1. The summed E-state index contributed by atoms with van der Waals surface area (Å²) < 4.78 is 21.7. The van der Waals surface area contributed by atoms with Gasteiger partial charge in [-0.1, -0.05) is 36.4 Å². The standard InChI is InChI=1S/C34H35N7O4/c1-40-30-31(43-2)29(45-28(17-35)26-10-6-7-13-36-26)18-37-32(30)39-34(40)38-27-14-23(22-11-12-22)19-41(33(27)42)24-15-25(16-24)44-20-21-8-4-3-5-9-21/h3-10,13-14,17-19,22,24-25H,11-12,15-16,20,35H2,1-2H3,(H,37,38,39)/b28-17+. The van der Waals surface area contributed by atoms with Gasteiger partial charge in [-0.15, -0.1) is 0 Å². The van der Waals surface area contributed by atoms with Crippen LogP contribution in [-0.2, 0) is 18.4 Å². The molecule has 3 N–H and O–H groups in total. The first-order valence-electron chi connectivity index (χ1n) is 15.1. The lowest BCUT2D eigenvalue weighted by molar-refractivity contribution is -0.0364. The fourth-order valence-corrected chi connectivity index (χ4v) is 5.74. The molecule has 45 heavy (non-hydrogen) atoms. The van der Waals surface area contributed by atoms with E-state index in [0.717, 1.165) is 36.8 Å². The summed E-state index contributed by atoms with van der Waals surface area (Å²) in [6.45, 7) is 0.575. The van der Waals surface area contributed by atoms with Crippen LogP contribution in [-0.4, -0.2) is 37.3 Å². The monoisotopic (exact) mass is 605 g/mol. The predicted molar refractivity (Wildman–Crippen MR) is 171 cm³/mol. The molecular formula is C34H35N7O4. The van der Waals surface area contributed by atoms with Gasteiger partial charge in [0, 0.05) is 31.7 Å². The zero-order chi connectivity index (χ0) is 30.9. The predicted octanol–water partition coefficient (Wildman–Crippen LogP) is 5.41. The van der Waals surface area contributed by atoms with Crippen molar-refractivity contribution in [3.8, 4) is 11.5 Å². The Labute approximate surface area is 260 Å². The lowest BCUT2D eigenvalue weighted by Gasteiger charge is -2.36. The van der Waals surface area contributed by atoms with Crippen LogP contribution in [0.3, 0.4) is 0 Å². The Morgan fingerprint density at radius 2 is 1.91 bits per heavy atom. The first-order chi connectivity index (χ1) is 22.0. The van der Waals surface area contributed by atoms with Gasteiger partial charge in [0.1, 0.15) is 16.9 Å². The number of fused-ring (bicyclic) bond motifs is 1. The number of hydrogen-bond donors (Lipinski definition) is 2. The van der Waals surface area contributed by atoms with Crippen molar-refractivity contribution in [3.63, 3.8) is 0 Å². The van der Waals surface area contributed by atoms with E-state index < -0.39 is 0 Å². The van der Waals surface area contributed by atoms with Gasteiger partial charge >= 0.3 is 0 Å². The van der Waals surface area contributed by atoms with Gasteiger partial charge in [0.25, 0.3) is 5.56 Å². The summed E-state index contributed by atoms with van der Waals surface area (Å²) >= 11 is 0. The fourth-order valence-electron chi connectivity index (χ4n) is 5.74. The van der Waals surface area contributed by atoms with Gasteiger partial charge < -0.3 is 34.4 Å². The maximum Gasteiger partial charge on any atom is 0.274 e. The summed E-state index contributed by atoms with van der Waals surface area (Å²) in [6.07, 6.45) is 10.6. The van der Waals surface area contributed by atoms with Gasteiger partial charge in [-0.3, -0.25) is 9.78 Å². The number of imidazole rings is 1. The highest BCUT2D eigenvalue weighted by Crippen LogP contribution is 2.42. The summed E-state index contributed by atoms with van der Waals surface area (Å²) in [6, 6.07) is 17.7. The van der Waals surface area contributed by atoms with E-state index in [0.29, 0.717) is 58.3 Å². The van der Waals surface area contributed by atoms with Crippen LogP contribution in [0.15, 0.2) is 84.2 Å². The molecule has 2 fully saturated rings. The Bertz CT molecular complexity index is 1910. The number of pyridine rings is 3. The molecule has 4 aromatic heterocycles. The number of rotatable bonds is 11. The molecule has 11 nitrogen and oxygen atoms in total. The van der Waals surface area contributed by atoms with Crippen molar-refractivity contribution >= 4 is 28.6 Å². The zero-order valence-corrected chi connectivity index (χ0v) is 25.2. The first kappa shape index (κ1) is 28.6. The molecule has 0 unspecified atom stereocenters. The van der Waals surface area contributed by atoms with Crippen molar-refractivity contribution in [2.24, 2.45) is 12.8 Å². The topological polar surface area (TPSA) is 131 Å². The second-order valence-corrected chi connectivity index (χ2v) is 11.5. The molecule has 0 spiro atoms. The molecule has 1 aromatic carbocycles. The minimum atomic E-state index is -0.0880. The third kappa shape index (κ3) is 5.74. The Morgan fingerprint density at radius 3 is 2.62 bits per heavy atom. The van der Waals surface area contributed by atoms with Gasteiger partial charge in [-0.05, 0) is 60.9 Å². The Hall–Kier alpha value is -5.16.